The molecule has 0 saturated carbocycles. The minimum Gasteiger partial charge on any atom is -0.362 e. The van der Waals surface area contributed by atoms with Gasteiger partial charge in [-0.1, -0.05) is 37.8 Å². The number of carbonyl (C=O) groups is 1. The van der Waals surface area contributed by atoms with Gasteiger partial charge in [0, 0.05) is 36.5 Å². The van der Waals surface area contributed by atoms with E-state index in [0.29, 0.717) is 12.0 Å². The Morgan fingerprint density at radius 3 is 2.35 bits per heavy atom. The van der Waals surface area contributed by atoms with Crippen molar-refractivity contribution in [2.24, 2.45) is 0 Å². The topological polar surface area (TPSA) is 49.3 Å². The fourth-order valence-corrected chi connectivity index (χ4v) is 5.98. The third-order valence-electron chi connectivity index (χ3n) is 7.99. The van der Waals surface area contributed by atoms with Crippen LogP contribution in [0.2, 0.25) is 0 Å². The lowest BCUT2D eigenvalue weighted by Crippen LogP contribution is -2.58. The van der Waals surface area contributed by atoms with Crippen LogP contribution < -0.4 is 4.90 Å². The quantitative estimate of drug-likeness (QED) is 0.294. The van der Waals surface area contributed by atoms with Crippen molar-refractivity contribution in [3.63, 3.8) is 0 Å². The molecule has 210 valence electrons. The molecule has 4 rings (SSSR count). The lowest BCUT2D eigenvalue weighted by molar-refractivity contribution is 0.101. The molecule has 3 aromatic rings. The molecular weight excluding hydrogens is 499 g/mol. The molecule has 2 aromatic heterocycles. The number of rotatable bonds is 7. The number of Topliss-reactive ketones (excluding diaryl/α,β-unsaturated/α-hetero) is 1. The van der Waals surface area contributed by atoms with E-state index >= 15 is 0 Å². The normalized spacial score (nSPS) is 15.4. The smallest absolute Gasteiger partial charge is 0.161 e. The molecule has 0 amide bonds. The van der Waals surface area contributed by atoms with Gasteiger partial charge in [-0.05, 0) is 95.3 Å². The Bertz CT molecular complexity index is 1480. The Balaban J connectivity index is 1.55. The summed E-state index contributed by atoms with van der Waals surface area (Å²) >= 11 is 0. The molecule has 1 saturated heterocycles. The third kappa shape index (κ3) is 5.58. The number of pyridine rings is 2. The molecule has 0 unspecified atom stereocenters. The Morgan fingerprint density at radius 1 is 1.07 bits per heavy atom. The Morgan fingerprint density at radius 2 is 1.80 bits per heavy atom. The van der Waals surface area contributed by atoms with Gasteiger partial charge in [-0.25, -0.2) is 9.37 Å². The van der Waals surface area contributed by atoms with Gasteiger partial charge in [0.2, 0.25) is 0 Å². The number of allylic oxidation sites excluding steroid dienone is 1. The van der Waals surface area contributed by atoms with Crippen molar-refractivity contribution in [2.75, 3.05) is 24.5 Å². The van der Waals surface area contributed by atoms with Gasteiger partial charge in [-0.2, -0.15) is 0 Å². The standard InChI is InChI=1S/C34H41FN4O/c1-10-26-12-13-27(19-30(26)35)28(11-2)29-14-15-31(36-22(29)4)24(6)39-17-16-38(20-34(39,8)9)32-18-21(3)33(25(7)40)23(5)37-32/h11-15,18-19H,6,10,16-17,20H2,1-5,7-9H3/b28-11-. The van der Waals surface area contributed by atoms with Crippen LogP contribution in [0.1, 0.15) is 84.3 Å². The molecule has 0 bridgehead atoms. The van der Waals surface area contributed by atoms with E-state index in [4.69, 9.17) is 9.97 Å². The van der Waals surface area contributed by atoms with Crippen LogP contribution in [0.5, 0.6) is 0 Å². The number of piperazine rings is 1. The summed E-state index contributed by atoms with van der Waals surface area (Å²) in [4.78, 5) is 26.4. The van der Waals surface area contributed by atoms with Crippen LogP contribution in [0, 0.1) is 26.6 Å². The maximum Gasteiger partial charge on any atom is 0.161 e. The zero-order valence-corrected chi connectivity index (χ0v) is 25.2. The molecule has 1 aliphatic heterocycles. The molecule has 1 fully saturated rings. The molecule has 5 nitrogen and oxygen atoms in total. The predicted molar refractivity (Wildman–Crippen MR) is 163 cm³/mol. The van der Waals surface area contributed by atoms with Crippen molar-refractivity contribution in [3.05, 3.63) is 99.8 Å². The maximum atomic E-state index is 14.6. The maximum absolute atomic E-state index is 14.6. The van der Waals surface area contributed by atoms with Gasteiger partial charge in [-0.3, -0.25) is 9.78 Å². The number of nitrogens with zero attached hydrogens (tertiary/aromatic N) is 4. The van der Waals surface area contributed by atoms with Crippen LogP contribution in [-0.2, 0) is 6.42 Å². The second-order valence-electron chi connectivity index (χ2n) is 11.3. The number of aryl methyl sites for hydroxylation is 4. The van der Waals surface area contributed by atoms with Gasteiger partial charge in [0.1, 0.15) is 11.6 Å². The zero-order valence-electron chi connectivity index (χ0n) is 25.2. The first-order valence-electron chi connectivity index (χ1n) is 14.0. The minimum atomic E-state index is -0.223. The van der Waals surface area contributed by atoms with Crippen molar-refractivity contribution >= 4 is 22.9 Å². The third-order valence-corrected chi connectivity index (χ3v) is 7.99. The van der Waals surface area contributed by atoms with Crippen molar-refractivity contribution in [2.45, 2.75) is 67.3 Å². The average molecular weight is 541 g/mol. The largest absolute Gasteiger partial charge is 0.362 e. The number of carbonyl (C=O) groups excluding carboxylic acids is 1. The van der Waals surface area contributed by atoms with Crippen LogP contribution in [0.15, 0.2) is 49.1 Å². The SMILES string of the molecule is C=C(c1ccc(/C(=C\C)c2ccc(CC)c(F)c2)c(C)n1)N1CCN(c2cc(C)c(C(C)=O)c(C)n2)CC1(C)C. The van der Waals surface area contributed by atoms with Crippen LogP contribution in [-0.4, -0.2) is 45.8 Å². The van der Waals surface area contributed by atoms with E-state index < -0.39 is 0 Å². The summed E-state index contributed by atoms with van der Waals surface area (Å²) < 4.78 is 14.6. The van der Waals surface area contributed by atoms with Gasteiger partial charge in [0.15, 0.2) is 5.78 Å². The molecule has 0 aliphatic carbocycles. The molecule has 3 heterocycles. The van der Waals surface area contributed by atoms with E-state index in [-0.39, 0.29) is 17.1 Å². The van der Waals surface area contributed by atoms with Crippen LogP contribution in [0.4, 0.5) is 10.2 Å². The predicted octanol–water partition coefficient (Wildman–Crippen LogP) is 7.33. The van der Waals surface area contributed by atoms with Gasteiger partial charge >= 0.3 is 0 Å². The monoisotopic (exact) mass is 540 g/mol. The molecule has 0 radical (unpaired) electrons. The summed E-state index contributed by atoms with van der Waals surface area (Å²) in [6.07, 6.45) is 2.68. The van der Waals surface area contributed by atoms with Crippen molar-refractivity contribution < 1.29 is 9.18 Å². The Kier molecular flexibility index (Phi) is 8.29. The van der Waals surface area contributed by atoms with Crippen molar-refractivity contribution in [3.8, 4) is 0 Å². The Labute approximate surface area is 238 Å². The first-order valence-corrected chi connectivity index (χ1v) is 14.0. The van der Waals surface area contributed by atoms with Crippen LogP contribution in [0.3, 0.4) is 0 Å². The highest BCUT2D eigenvalue weighted by atomic mass is 19.1. The number of anilines is 1. The molecule has 0 spiro atoms. The highest BCUT2D eigenvalue weighted by Crippen LogP contribution is 2.33. The average Bonchev–Trinajstić information content (AvgIpc) is 2.88. The summed E-state index contributed by atoms with van der Waals surface area (Å²) in [5.41, 5.74) is 8.34. The molecule has 0 N–H and O–H groups in total. The second-order valence-corrected chi connectivity index (χ2v) is 11.3. The second kappa shape index (κ2) is 11.4. The Hall–Kier alpha value is -3.80. The van der Waals surface area contributed by atoms with Gasteiger partial charge in [0.05, 0.1) is 22.6 Å². The summed E-state index contributed by atoms with van der Waals surface area (Å²) in [6.45, 7) is 22.6. The van der Waals surface area contributed by atoms with E-state index in [2.05, 4.69) is 36.3 Å². The molecule has 1 aliphatic rings. The first kappa shape index (κ1) is 29.2. The number of benzene rings is 1. The van der Waals surface area contributed by atoms with E-state index in [0.717, 1.165) is 76.1 Å². The number of hydrogen-bond acceptors (Lipinski definition) is 5. The van der Waals surface area contributed by atoms with Gasteiger partial charge in [-0.15, -0.1) is 0 Å². The van der Waals surface area contributed by atoms with Gasteiger partial charge < -0.3 is 9.80 Å². The van der Waals surface area contributed by atoms with Gasteiger partial charge in [0.25, 0.3) is 0 Å². The highest BCUT2D eigenvalue weighted by molar-refractivity contribution is 5.96. The molecule has 0 atom stereocenters. The van der Waals surface area contributed by atoms with Crippen LogP contribution in [0.25, 0.3) is 11.3 Å². The van der Waals surface area contributed by atoms with E-state index in [1.807, 2.05) is 65.0 Å². The van der Waals surface area contributed by atoms with E-state index in [1.54, 1.807) is 13.0 Å². The minimum absolute atomic E-state index is 0.0485. The number of halogens is 1. The lowest BCUT2D eigenvalue weighted by atomic mass is 9.94. The fourth-order valence-electron chi connectivity index (χ4n) is 5.98. The fraction of sp³-hybridized carbons (Fsp3) is 0.382. The number of hydrogen-bond donors (Lipinski definition) is 0. The summed E-state index contributed by atoms with van der Waals surface area (Å²) in [7, 11) is 0. The molecule has 6 heteroatoms. The summed E-state index contributed by atoms with van der Waals surface area (Å²) in [6, 6.07) is 11.6. The van der Waals surface area contributed by atoms with Crippen molar-refractivity contribution in [1.82, 2.24) is 14.9 Å². The lowest BCUT2D eigenvalue weighted by Gasteiger charge is -2.49. The highest BCUT2D eigenvalue weighted by Gasteiger charge is 2.36. The van der Waals surface area contributed by atoms with E-state index in [1.165, 1.54) is 0 Å². The number of ketones is 1. The molecular formula is C34H41FN4O. The zero-order chi connectivity index (χ0) is 29.4. The van der Waals surface area contributed by atoms with E-state index in [9.17, 15) is 9.18 Å². The van der Waals surface area contributed by atoms with Crippen LogP contribution >= 0.6 is 0 Å². The summed E-state index contributed by atoms with van der Waals surface area (Å²) in [5, 5.41) is 0. The molecule has 1 aromatic carbocycles. The number of aromatic nitrogens is 2. The van der Waals surface area contributed by atoms with Crippen molar-refractivity contribution in [1.29, 1.82) is 0 Å². The summed E-state index contributed by atoms with van der Waals surface area (Å²) in [5.74, 6) is 0.776. The molecule has 40 heavy (non-hydrogen) atoms. The first-order chi connectivity index (χ1) is 18.9.